The van der Waals surface area contributed by atoms with Crippen molar-refractivity contribution in [2.45, 2.75) is 19.3 Å². The summed E-state index contributed by atoms with van der Waals surface area (Å²) < 4.78 is 0. The number of benzene rings is 2. The molecule has 0 saturated carbocycles. The van der Waals surface area contributed by atoms with E-state index in [0.717, 1.165) is 16.3 Å². The number of aliphatic imine (C=N–C) groups is 1. The van der Waals surface area contributed by atoms with Crippen LogP contribution in [0.2, 0.25) is 5.02 Å². The summed E-state index contributed by atoms with van der Waals surface area (Å²) >= 11 is 6.26. The van der Waals surface area contributed by atoms with Crippen LogP contribution in [0.1, 0.15) is 19.4 Å². The van der Waals surface area contributed by atoms with Crippen molar-refractivity contribution in [2.24, 2.45) is 10.7 Å². The van der Waals surface area contributed by atoms with Crippen LogP contribution in [0, 0.1) is 0 Å². The predicted octanol–water partition coefficient (Wildman–Crippen LogP) is 4.04. The molecule has 0 aliphatic rings. The number of nitrogens with two attached hydrogens (primary N) is 1. The maximum absolute atomic E-state index is 6.26. The van der Waals surface area contributed by atoms with Crippen LogP contribution in [0.15, 0.2) is 59.6 Å². The van der Waals surface area contributed by atoms with Gasteiger partial charge in [-0.05, 0) is 23.8 Å². The van der Waals surface area contributed by atoms with Crippen LogP contribution in [-0.4, -0.2) is 12.5 Å². The minimum absolute atomic E-state index is 0.179. The first-order chi connectivity index (χ1) is 9.99. The van der Waals surface area contributed by atoms with E-state index in [-0.39, 0.29) is 5.41 Å². The van der Waals surface area contributed by atoms with E-state index in [0.29, 0.717) is 12.5 Å². The average Bonchev–Trinajstić information content (AvgIpc) is 2.47. The monoisotopic (exact) mass is 301 g/mol. The fourth-order valence-electron chi connectivity index (χ4n) is 2.09. The quantitative estimate of drug-likeness (QED) is 0.661. The third-order valence-electron chi connectivity index (χ3n) is 3.29. The van der Waals surface area contributed by atoms with E-state index >= 15 is 0 Å². The summed E-state index contributed by atoms with van der Waals surface area (Å²) in [5.74, 6) is 0.404. The summed E-state index contributed by atoms with van der Waals surface area (Å²) in [5.41, 5.74) is 7.75. The van der Waals surface area contributed by atoms with Crippen LogP contribution >= 0.6 is 11.6 Å². The first kappa shape index (κ1) is 15.4. The number of hydrogen-bond acceptors (Lipinski definition) is 1. The van der Waals surface area contributed by atoms with Gasteiger partial charge in [0.2, 0.25) is 0 Å². The number of hydrogen-bond donors (Lipinski definition) is 2. The number of para-hydroxylation sites is 1. The molecule has 0 radical (unpaired) electrons. The van der Waals surface area contributed by atoms with E-state index in [1.807, 2.05) is 54.6 Å². The van der Waals surface area contributed by atoms with Crippen LogP contribution in [0.4, 0.5) is 5.69 Å². The molecule has 3 N–H and O–H groups in total. The lowest BCUT2D eigenvalue weighted by Gasteiger charge is -2.24. The van der Waals surface area contributed by atoms with E-state index in [1.54, 1.807) is 0 Å². The minimum atomic E-state index is -0.179. The first-order valence-electron chi connectivity index (χ1n) is 6.86. The molecule has 2 rings (SSSR count). The van der Waals surface area contributed by atoms with E-state index < -0.39 is 0 Å². The van der Waals surface area contributed by atoms with Gasteiger partial charge in [-0.3, -0.25) is 4.99 Å². The van der Waals surface area contributed by atoms with Crippen LogP contribution in [0.5, 0.6) is 0 Å². The third-order valence-corrected chi connectivity index (χ3v) is 3.62. The second-order valence-electron chi connectivity index (χ2n) is 5.56. The lowest BCUT2D eigenvalue weighted by Crippen LogP contribution is -2.28. The maximum Gasteiger partial charge on any atom is 0.193 e. The van der Waals surface area contributed by atoms with Gasteiger partial charge in [-0.2, -0.15) is 0 Å². The SMILES string of the molecule is CC(C)(CN=C(N)Nc1ccccc1)c1ccccc1Cl. The Balaban J connectivity index is 2.07. The summed E-state index contributed by atoms with van der Waals surface area (Å²) in [6.07, 6.45) is 0. The maximum atomic E-state index is 6.26. The number of halogens is 1. The largest absolute Gasteiger partial charge is 0.370 e. The van der Waals surface area contributed by atoms with Crippen molar-refractivity contribution in [3.05, 3.63) is 65.2 Å². The van der Waals surface area contributed by atoms with Gasteiger partial charge in [0.1, 0.15) is 0 Å². The number of rotatable bonds is 4. The Bertz CT molecular complexity index is 621. The van der Waals surface area contributed by atoms with Gasteiger partial charge in [0.25, 0.3) is 0 Å². The van der Waals surface area contributed by atoms with Crippen molar-refractivity contribution >= 4 is 23.2 Å². The van der Waals surface area contributed by atoms with Crippen molar-refractivity contribution in [3.63, 3.8) is 0 Å². The number of guanidine groups is 1. The fourth-order valence-corrected chi connectivity index (χ4v) is 2.48. The molecule has 0 spiro atoms. The topological polar surface area (TPSA) is 50.4 Å². The van der Waals surface area contributed by atoms with Gasteiger partial charge in [-0.15, -0.1) is 0 Å². The van der Waals surface area contributed by atoms with Gasteiger partial charge in [0.05, 0.1) is 6.54 Å². The normalized spacial score (nSPS) is 12.2. The van der Waals surface area contributed by atoms with E-state index in [4.69, 9.17) is 17.3 Å². The van der Waals surface area contributed by atoms with Crippen molar-refractivity contribution in [2.75, 3.05) is 11.9 Å². The van der Waals surface area contributed by atoms with E-state index in [2.05, 4.69) is 24.2 Å². The smallest absolute Gasteiger partial charge is 0.193 e. The zero-order valence-corrected chi connectivity index (χ0v) is 13.1. The van der Waals surface area contributed by atoms with Crippen molar-refractivity contribution in [1.82, 2.24) is 0 Å². The molecular formula is C17H20ClN3. The predicted molar refractivity (Wildman–Crippen MR) is 91.0 cm³/mol. The highest BCUT2D eigenvalue weighted by Crippen LogP contribution is 2.29. The van der Waals surface area contributed by atoms with Crippen molar-refractivity contribution in [3.8, 4) is 0 Å². The highest BCUT2D eigenvalue weighted by molar-refractivity contribution is 6.31. The summed E-state index contributed by atoms with van der Waals surface area (Å²) in [6.45, 7) is 4.77. The minimum Gasteiger partial charge on any atom is -0.370 e. The molecule has 2 aromatic rings. The van der Waals surface area contributed by atoms with Crippen LogP contribution in [-0.2, 0) is 5.41 Å². The lowest BCUT2D eigenvalue weighted by molar-refractivity contribution is 0.540. The highest BCUT2D eigenvalue weighted by atomic mass is 35.5. The summed E-state index contributed by atoms with van der Waals surface area (Å²) in [6, 6.07) is 17.6. The first-order valence-corrected chi connectivity index (χ1v) is 7.24. The molecular weight excluding hydrogens is 282 g/mol. The molecule has 21 heavy (non-hydrogen) atoms. The van der Waals surface area contributed by atoms with E-state index in [9.17, 15) is 0 Å². The van der Waals surface area contributed by atoms with Gasteiger partial charge in [-0.1, -0.05) is 61.8 Å². The van der Waals surface area contributed by atoms with E-state index in [1.165, 1.54) is 0 Å². The van der Waals surface area contributed by atoms with Crippen LogP contribution in [0.3, 0.4) is 0 Å². The number of anilines is 1. The zero-order chi connectivity index (χ0) is 15.3. The third kappa shape index (κ3) is 4.23. The Morgan fingerprint density at radius 3 is 2.38 bits per heavy atom. The lowest BCUT2D eigenvalue weighted by atomic mass is 9.85. The van der Waals surface area contributed by atoms with Gasteiger partial charge in [0, 0.05) is 16.1 Å². The Morgan fingerprint density at radius 2 is 1.71 bits per heavy atom. The second kappa shape index (κ2) is 6.64. The molecule has 110 valence electrons. The molecule has 4 heteroatoms. The number of nitrogens with one attached hydrogen (secondary N) is 1. The molecule has 0 aliphatic heterocycles. The molecule has 0 bridgehead atoms. The van der Waals surface area contributed by atoms with Crippen molar-refractivity contribution in [1.29, 1.82) is 0 Å². The Morgan fingerprint density at radius 1 is 1.10 bits per heavy atom. The highest BCUT2D eigenvalue weighted by Gasteiger charge is 2.22. The number of nitrogens with zero attached hydrogens (tertiary/aromatic N) is 1. The molecule has 0 atom stereocenters. The van der Waals surface area contributed by atoms with Crippen LogP contribution in [0.25, 0.3) is 0 Å². The Hall–Kier alpha value is -2.00. The Labute approximate surface area is 130 Å². The molecule has 0 fully saturated rings. The fraction of sp³-hybridized carbons (Fsp3) is 0.235. The average molecular weight is 302 g/mol. The summed E-state index contributed by atoms with van der Waals surface area (Å²) in [7, 11) is 0. The molecule has 0 saturated heterocycles. The molecule has 3 nitrogen and oxygen atoms in total. The molecule has 0 amide bonds. The van der Waals surface area contributed by atoms with Gasteiger partial charge in [0.15, 0.2) is 5.96 Å². The van der Waals surface area contributed by atoms with Gasteiger partial charge < -0.3 is 11.1 Å². The molecule has 0 aromatic heterocycles. The molecule has 0 unspecified atom stereocenters. The molecule has 0 heterocycles. The summed E-state index contributed by atoms with van der Waals surface area (Å²) in [4.78, 5) is 4.43. The Kier molecular flexibility index (Phi) is 4.86. The van der Waals surface area contributed by atoms with Crippen LogP contribution < -0.4 is 11.1 Å². The van der Waals surface area contributed by atoms with Gasteiger partial charge >= 0.3 is 0 Å². The zero-order valence-electron chi connectivity index (χ0n) is 12.3. The molecule has 2 aromatic carbocycles. The standard InChI is InChI=1S/C17H20ClN3/c1-17(2,14-10-6-7-11-15(14)18)12-20-16(19)21-13-8-4-3-5-9-13/h3-11H,12H2,1-2H3,(H3,19,20,21). The molecule has 0 aliphatic carbocycles. The van der Waals surface area contributed by atoms with Crippen molar-refractivity contribution < 1.29 is 0 Å². The second-order valence-corrected chi connectivity index (χ2v) is 5.96. The van der Waals surface area contributed by atoms with Gasteiger partial charge in [-0.25, -0.2) is 0 Å². The summed E-state index contributed by atoms with van der Waals surface area (Å²) in [5, 5.41) is 3.83.